The van der Waals surface area contributed by atoms with Crippen LogP contribution in [0.2, 0.25) is 0 Å². The van der Waals surface area contributed by atoms with Gasteiger partial charge in [-0.05, 0) is 37.3 Å². The molecular formula is C18H17FN4O2. The van der Waals surface area contributed by atoms with E-state index in [0.717, 1.165) is 5.69 Å². The number of benzene rings is 2. The van der Waals surface area contributed by atoms with E-state index in [1.807, 2.05) is 13.0 Å². The molecule has 0 radical (unpaired) electrons. The first-order chi connectivity index (χ1) is 12.1. The van der Waals surface area contributed by atoms with Crippen LogP contribution in [-0.2, 0) is 0 Å². The van der Waals surface area contributed by atoms with Crippen LogP contribution in [0.4, 0.5) is 4.39 Å². The van der Waals surface area contributed by atoms with E-state index in [0.29, 0.717) is 11.3 Å². The maximum absolute atomic E-state index is 13.1. The lowest BCUT2D eigenvalue weighted by Gasteiger charge is -2.15. The first-order valence-corrected chi connectivity index (χ1v) is 7.76. The van der Waals surface area contributed by atoms with E-state index in [1.54, 1.807) is 41.3 Å². The first-order valence-electron chi connectivity index (χ1n) is 7.76. The van der Waals surface area contributed by atoms with Crippen molar-refractivity contribution in [1.82, 2.24) is 20.1 Å². The highest BCUT2D eigenvalue weighted by Crippen LogP contribution is 2.12. The minimum atomic E-state index is -0.362. The lowest BCUT2D eigenvalue weighted by atomic mass is 10.2. The maximum Gasteiger partial charge on any atom is 0.251 e. The highest BCUT2D eigenvalue weighted by Gasteiger charge is 2.11. The SMILES string of the molecule is CC(COc1cccc(F)c1)NC(=O)c1cccc(-n2cncn2)c1. The van der Waals surface area contributed by atoms with Gasteiger partial charge in [-0.1, -0.05) is 12.1 Å². The van der Waals surface area contributed by atoms with Crippen molar-refractivity contribution < 1.29 is 13.9 Å². The number of ether oxygens (including phenoxy) is 1. The van der Waals surface area contributed by atoms with Gasteiger partial charge >= 0.3 is 0 Å². The van der Waals surface area contributed by atoms with E-state index in [-0.39, 0.29) is 24.4 Å². The normalized spacial score (nSPS) is 11.8. The summed E-state index contributed by atoms with van der Waals surface area (Å²) in [6.45, 7) is 2.05. The van der Waals surface area contributed by atoms with Gasteiger partial charge in [0.2, 0.25) is 0 Å². The molecule has 25 heavy (non-hydrogen) atoms. The molecule has 128 valence electrons. The summed E-state index contributed by atoms with van der Waals surface area (Å²) in [4.78, 5) is 16.3. The Morgan fingerprint density at radius 3 is 2.88 bits per heavy atom. The Labute approximate surface area is 144 Å². The Kier molecular flexibility index (Phi) is 5.03. The second kappa shape index (κ2) is 7.57. The summed E-state index contributed by atoms with van der Waals surface area (Å²) in [6.07, 6.45) is 2.99. The molecule has 0 bridgehead atoms. The zero-order chi connectivity index (χ0) is 17.6. The third-order valence-electron chi connectivity index (χ3n) is 3.47. The maximum atomic E-state index is 13.1. The zero-order valence-electron chi connectivity index (χ0n) is 13.6. The topological polar surface area (TPSA) is 69.0 Å². The van der Waals surface area contributed by atoms with Crippen LogP contribution in [0.3, 0.4) is 0 Å². The first kappa shape index (κ1) is 16.6. The number of hydrogen-bond acceptors (Lipinski definition) is 4. The van der Waals surface area contributed by atoms with Gasteiger partial charge in [0.05, 0.1) is 11.7 Å². The summed E-state index contributed by atoms with van der Waals surface area (Å²) < 4.78 is 20.2. The molecule has 0 spiro atoms. The number of rotatable bonds is 6. The molecule has 3 rings (SSSR count). The standard InChI is InChI=1S/C18H17FN4O2/c1-13(10-25-17-7-3-5-15(19)9-17)22-18(24)14-4-2-6-16(8-14)23-12-20-11-21-23/h2-9,11-13H,10H2,1H3,(H,22,24). The third-order valence-corrected chi connectivity index (χ3v) is 3.47. The largest absolute Gasteiger partial charge is 0.491 e. The Morgan fingerprint density at radius 2 is 2.12 bits per heavy atom. The fraction of sp³-hybridized carbons (Fsp3) is 0.167. The van der Waals surface area contributed by atoms with Gasteiger partial charge in [-0.25, -0.2) is 14.1 Å². The summed E-state index contributed by atoms with van der Waals surface area (Å²) in [6, 6.07) is 12.7. The number of amides is 1. The molecule has 0 aliphatic heterocycles. The van der Waals surface area contributed by atoms with Crippen LogP contribution in [0.25, 0.3) is 5.69 Å². The third kappa shape index (κ3) is 4.41. The van der Waals surface area contributed by atoms with Crippen molar-refractivity contribution in [3.05, 3.63) is 72.6 Å². The molecule has 1 N–H and O–H groups in total. The Morgan fingerprint density at radius 1 is 1.28 bits per heavy atom. The number of nitrogens with zero attached hydrogens (tertiary/aromatic N) is 3. The van der Waals surface area contributed by atoms with Crippen molar-refractivity contribution >= 4 is 5.91 Å². The number of halogens is 1. The van der Waals surface area contributed by atoms with Crippen LogP contribution >= 0.6 is 0 Å². The molecule has 3 aromatic rings. The van der Waals surface area contributed by atoms with Gasteiger partial charge in [0.25, 0.3) is 5.91 Å². The molecule has 2 aromatic carbocycles. The molecule has 0 fully saturated rings. The molecule has 1 aromatic heterocycles. The predicted molar refractivity (Wildman–Crippen MR) is 90.2 cm³/mol. The zero-order valence-corrected chi connectivity index (χ0v) is 13.6. The van der Waals surface area contributed by atoms with Crippen LogP contribution < -0.4 is 10.1 Å². The van der Waals surface area contributed by atoms with Gasteiger partial charge in [0, 0.05) is 11.6 Å². The fourth-order valence-corrected chi connectivity index (χ4v) is 2.26. The Bertz CT molecular complexity index is 852. The Balaban J connectivity index is 1.59. The van der Waals surface area contributed by atoms with Crippen molar-refractivity contribution in [2.24, 2.45) is 0 Å². The van der Waals surface area contributed by atoms with Crippen LogP contribution in [0.1, 0.15) is 17.3 Å². The molecule has 1 heterocycles. The average Bonchev–Trinajstić information content (AvgIpc) is 3.15. The number of nitrogens with one attached hydrogen (secondary N) is 1. The second-order valence-corrected chi connectivity index (χ2v) is 5.53. The monoisotopic (exact) mass is 340 g/mol. The molecule has 7 heteroatoms. The summed E-state index contributed by atoms with van der Waals surface area (Å²) in [5.41, 5.74) is 1.25. The van der Waals surface area contributed by atoms with Gasteiger partial charge in [-0.2, -0.15) is 5.10 Å². The van der Waals surface area contributed by atoms with Crippen molar-refractivity contribution in [2.45, 2.75) is 13.0 Å². The molecule has 0 aliphatic carbocycles. The van der Waals surface area contributed by atoms with E-state index in [1.165, 1.54) is 18.5 Å². The van der Waals surface area contributed by atoms with E-state index in [9.17, 15) is 9.18 Å². The van der Waals surface area contributed by atoms with E-state index < -0.39 is 0 Å². The number of carbonyl (C=O) groups is 1. The lowest BCUT2D eigenvalue weighted by Crippen LogP contribution is -2.36. The molecule has 0 saturated carbocycles. The summed E-state index contributed by atoms with van der Waals surface area (Å²) in [5.74, 6) is -0.161. The quantitative estimate of drug-likeness (QED) is 0.749. The molecular weight excluding hydrogens is 323 g/mol. The molecule has 1 amide bonds. The minimum absolute atomic E-state index is 0.225. The van der Waals surface area contributed by atoms with Crippen molar-refractivity contribution in [3.8, 4) is 11.4 Å². The molecule has 1 atom stereocenters. The minimum Gasteiger partial charge on any atom is -0.491 e. The summed E-state index contributed by atoms with van der Waals surface area (Å²) in [7, 11) is 0. The molecule has 0 saturated heterocycles. The highest BCUT2D eigenvalue weighted by molar-refractivity contribution is 5.94. The van der Waals surface area contributed by atoms with Gasteiger partial charge < -0.3 is 10.1 Å². The lowest BCUT2D eigenvalue weighted by molar-refractivity contribution is 0.0926. The van der Waals surface area contributed by atoms with Gasteiger partial charge in [0.15, 0.2) is 0 Å². The number of aromatic nitrogens is 3. The summed E-state index contributed by atoms with van der Waals surface area (Å²) in [5, 5.41) is 6.89. The fourth-order valence-electron chi connectivity index (χ4n) is 2.26. The molecule has 6 nitrogen and oxygen atoms in total. The second-order valence-electron chi connectivity index (χ2n) is 5.53. The smallest absolute Gasteiger partial charge is 0.251 e. The van der Waals surface area contributed by atoms with Crippen molar-refractivity contribution in [1.29, 1.82) is 0 Å². The highest BCUT2D eigenvalue weighted by atomic mass is 19.1. The van der Waals surface area contributed by atoms with Gasteiger partial charge in [-0.15, -0.1) is 0 Å². The van der Waals surface area contributed by atoms with E-state index >= 15 is 0 Å². The van der Waals surface area contributed by atoms with Crippen molar-refractivity contribution in [3.63, 3.8) is 0 Å². The van der Waals surface area contributed by atoms with Crippen LogP contribution in [-0.4, -0.2) is 33.3 Å². The molecule has 0 aliphatic rings. The van der Waals surface area contributed by atoms with Crippen LogP contribution in [0.5, 0.6) is 5.75 Å². The van der Waals surface area contributed by atoms with Gasteiger partial charge in [-0.3, -0.25) is 4.79 Å². The average molecular weight is 340 g/mol. The van der Waals surface area contributed by atoms with E-state index in [2.05, 4.69) is 15.4 Å². The van der Waals surface area contributed by atoms with Crippen molar-refractivity contribution in [2.75, 3.05) is 6.61 Å². The van der Waals surface area contributed by atoms with Gasteiger partial charge in [0.1, 0.15) is 30.8 Å². The predicted octanol–water partition coefficient (Wildman–Crippen LogP) is 2.60. The molecule has 1 unspecified atom stereocenters. The number of carbonyl (C=O) groups excluding carboxylic acids is 1. The summed E-state index contributed by atoms with van der Waals surface area (Å²) >= 11 is 0. The number of hydrogen-bond donors (Lipinski definition) is 1. The van der Waals surface area contributed by atoms with E-state index in [4.69, 9.17) is 4.74 Å². The van der Waals surface area contributed by atoms with Crippen LogP contribution in [0.15, 0.2) is 61.2 Å². The van der Waals surface area contributed by atoms with Crippen LogP contribution in [0, 0.1) is 5.82 Å². The Hall–Kier alpha value is -3.22.